The molecule has 2 aliphatic heterocycles. The number of fused-ring (bicyclic) bond motifs is 2. The number of hydrogen-bond donors (Lipinski definition) is 3. The van der Waals surface area contributed by atoms with Crippen LogP contribution < -0.4 is 15.8 Å². The van der Waals surface area contributed by atoms with Gasteiger partial charge in [0.1, 0.15) is 11.9 Å². The van der Waals surface area contributed by atoms with Gasteiger partial charge in [0, 0.05) is 5.56 Å². The number of hydrogen-bond acceptors (Lipinski definition) is 10. The standard InChI is InChI=1S/C18H17F3N5O7P/c19-10-12(27)18(16(20)21,6-31-34(29)30-5-8-3-1-2-4-9(8)33-34)32-15(10)26-7-23-11-13(26)24-17(22)25-14(11)28/h1-4,7,10,12,15-16,27H,5-6H2,(H3,22,24,25,28). The average molecular weight is 503 g/mol. The zero-order valence-corrected chi connectivity index (χ0v) is 17.9. The van der Waals surface area contributed by atoms with E-state index in [1.807, 2.05) is 0 Å². The van der Waals surface area contributed by atoms with E-state index in [0.29, 0.717) is 5.56 Å². The van der Waals surface area contributed by atoms with E-state index in [2.05, 4.69) is 15.0 Å². The van der Waals surface area contributed by atoms with Gasteiger partial charge < -0.3 is 20.1 Å². The topological polar surface area (TPSA) is 164 Å². The Morgan fingerprint density at radius 3 is 2.94 bits per heavy atom. The van der Waals surface area contributed by atoms with Crippen LogP contribution in [0, 0.1) is 0 Å². The van der Waals surface area contributed by atoms with Crippen molar-refractivity contribution in [1.82, 2.24) is 19.5 Å². The number of aromatic nitrogens is 4. The van der Waals surface area contributed by atoms with Gasteiger partial charge in [0.15, 0.2) is 29.2 Å². The maximum absolute atomic E-state index is 15.1. The van der Waals surface area contributed by atoms with Gasteiger partial charge in [0.05, 0.1) is 19.5 Å². The molecule has 16 heteroatoms. The predicted molar refractivity (Wildman–Crippen MR) is 108 cm³/mol. The summed E-state index contributed by atoms with van der Waals surface area (Å²) in [5.74, 6) is -0.169. The number of phosphoric ester groups is 1. The number of aromatic amines is 1. The molecule has 4 heterocycles. The van der Waals surface area contributed by atoms with Gasteiger partial charge in [-0.1, -0.05) is 18.2 Å². The highest BCUT2D eigenvalue weighted by Gasteiger charge is 2.62. The molecule has 1 aromatic carbocycles. The highest BCUT2D eigenvalue weighted by atomic mass is 31.2. The summed E-state index contributed by atoms with van der Waals surface area (Å²) in [5.41, 5.74) is 1.84. The number of rotatable bonds is 5. The molecular formula is C18H17F3N5O7P. The first-order valence-corrected chi connectivity index (χ1v) is 11.3. The van der Waals surface area contributed by atoms with Gasteiger partial charge in [-0.15, -0.1) is 0 Å². The van der Waals surface area contributed by atoms with Gasteiger partial charge in [-0.05, 0) is 6.07 Å². The number of imidazole rings is 1. The molecule has 0 aliphatic carbocycles. The number of nitrogens with zero attached hydrogens (tertiary/aromatic N) is 3. The van der Waals surface area contributed by atoms with E-state index in [1.165, 1.54) is 6.07 Å². The number of H-pyrrole nitrogens is 1. The highest BCUT2D eigenvalue weighted by Crippen LogP contribution is 2.56. The second-order valence-corrected chi connectivity index (χ2v) is 9.22. The van der Waals surface area contributed by atoms with Crippen molar-refractivity contribution in [1.29, 1.82) is 0 Å². The third kappa shape index (κ3) is 3.56. The first-order chi connectivity index (χ1) is 16.1. The van der Waals surface area contributed by atoms with Crippen LogP contribution in [-0.4, -0.2) is 55.5 Å². The normalized spacial score (nSPS) is 31.0. The van der Waals surface area contributed by atoms with Crippen LogP contribution in [0.15, 0.2) is 35.4 Å². The SMILES string of the molecule is Nc1nc2c(ncn2C2OC(COP3(=O)OCc4ccccc4O3)(C(F)F)C(O)C2F)c(=O)[nH]1. The number of phosphoric acid groups is 1. The Labute approximate surface area is 188 Å². The molecule has 4 N–H and O–H groups in total. The fraction of sp³-hybridized carbons (Fsp3) is 0.389. The number of nitrogens with two attached hydrogens (primary N) is 1. The lowest BCUT2D eigenvalue weighted by Crippen LogP contribution is -2.52. The fourth-order valence-corrected chi connectivity index (χ4v) is 4.99. The molecule has 3 aromatic rings. The van der Waals surface area contributed by atoms with E-state index >= 15 is 4.39 Å². The number of aliphatic hydroxyl groups excluding tert-OH is 1. The quantitative estimate of drug-likeness (QED) is 0.436. The Hall–Kier alpha value is -2.97. The van der Waals surface area contributed by atoms with Crippen molar-refractivity contribution in [2.45, 2.75) is 37.1 Å². The van der Waals surface area contributed by atoms with Gasteiger partial charge in [-0.2, -0.15) is 4.98 Å². The van der Waals surface area contributed by atoms with Crippen molar-refractivity contribution in [3.8, 4) is 5.75 Å². The molecule has 0 radical (unpaired) electrons. The minimum absolute atomic E-state index is 0.163. The number of benzene rings is 1. The summed E-state index contributed by atoms with van der Waals surface area (Å²) in [7, 11) is -4.40. The molecule has 0 bridgehead atoms. The molecule has 0 spiro atoms. The summed E-state index contributed by atoms with van der Waals surface area (Å²) in [6, 6.07) is 6.41. The second kappa shape index (κ2) is 8.06. The number of aliphatic hydroxyl groups is 1. The van der Waals surface area contributed by atoms with Crippen molar-refractivity contribution in [2.24, 2.45) is 0 Å². The Morgan fingerprint density at radius 2 is 2.18 bits per heavy atom. The van der Waals surface area contributed by atoms with Crippen molar-refractivity contribution in [3.63, 3.8) is 0 Å². The van der Waals surface area contributed by atoms with Crippen molar-refractivity contribution in [2.75, 3.05) is 12.3 Å². The summed E-state index contributed by atoms with van der Waals surface area (Å²) in [6.07, 6.45) is -9.32. The maximum Gasteiger partial charge on any atom is 0.530 e. The first-order valence-electron chi connectivity index (χ1n) is 9.80. The summed E-state index contributed by atoms with van der Waals surface area (Å²) >= 11 is 0. The molecule has 2 aromatic heterocycles. The lowest BCUT2D eigenvalue weighted by Gasteiger charge is -2.32. The lowest BCUT2D eigenvalue weighted by atomic mass is 9.97. The van der Waals surface area contributed by atoms with E-state index in [0.717, 1.165) is 10.9 Å². The summed E-state index contributed by atoms with van der Waals surface area (Å²) in [5, 5.41) is 10.4. The number of para-hydroxylation sites is 1. The molecule has 0 saturated carbocycles. The van der Waals surface area contributed by atoms with Crippen LogP contribution in [0.3, 0.4) is 0 Å². The van der Waals surface area contributed by atoms with Crippen molar-refractivity contribution < 1.29 is 41.2 Å². The van der Waals surface area contributed by atoms with Crippen LogP contribution in [-0.2, 0) is 25.0 Å². The van der Waals surface area contributed by atoms with Crippen LogP contribution >= 0.6 is 7.82 Å². The monoisotopic (exact) mass is 503 g/mol. The number of alkyl halides is 3. The van der Waals surface area contributed by atoms with Gasteiger partial charge in [-0.25, -0.2) is 22.7 Å². The number of ether oxygens (including phenoxy) is 1. The van der Waals surface area contributed by atoms with Crippen LogP contribution in [0.1, 0.15) is 11.8 Å². The minimum atomic E-state index is -4.40. The summed E-state index contributed by atoms with van der Waals surface area (Å²) in [4.78, 5) is 21.8. The number of nitrogen functional groups attached to an aromatic ring is 1. The fourth-order valence-electron chi connectivity index (χ4n) is 3.74. The van der Waals surface area contributed by atoms with Gasteiger partial charge in [0.2, 0.25) is 5.95 Å². The van der Waals surface area contributed by atoms with Gasteiger partial charge >= 0.3 is 7.82 Å². The molecule has 1 fully saturated rings. The molecule has 0 amide bonds. The Kier molecular flexibility index (Phi) is 5.41. The lowest BCUT2D eigenvalue weighted by molar-refractivity contribution is -0.193. The van der Waals surface area contributed by atoms with Crippen LogP contribution in [0.2, 0.25) is 0 Å². The molecule has 12 nitrogen and oxygen atoms in total. The Balaban J connectivity index is 1.43. The molecule has 34 heavy (non-hydrogen) atoms. The van der Waals surface area contributed by atoms with Crippen LogP contribution in [0.4, 0.5) is 19.1 Å². The third-order valence-corrected chi connectivity index (χ3v) is 6.83. The molecular weight excluding hydrogens is 486 g/mol. The van der Waals surface area contributed by atoms with E-state index in [-0.39, 0.29) is 29.5 Å². The third-order valence-electron chi connectivity index (χ3n) is 5.52. The summed E-state index contributed by atoms with van der Waals surface area (Å²) < 4.78 is 77.8. The smallest absolute Gasteiger partial charge is 0.404 e. The zero-order chi connectivity index (χ0) is 24.3. The van der Waals surface area contributed by atoms with E-state index in [4.69, 9.17) is 24.0 Å². The molecule has 182 valence electrons. The minimum Gasteiger partial charge on any atom is -0.404 e. The Bertz CT molecular complexity index is 1350. The number of halogens is 3. The second-order valence-electron chi connectivity index (χ2n) is 7.62. The van der Waals surface area contributed by atoms with Gasteiger partial charge in [0.25, 0.3) is 12.0 Å². The van der Waals surface area contributed by atoms with Gasteiger partial charge in [-0.3, -0.25) is 23.4 Å². The molecule has 5 atom stereocenters. The van der Waals surface area contributed by atoms with Crippen LogP contribution in [0.25, 0.3) is 11.2 Å². The first kappa shape index (κ1) is 22.8. The number of nitrogens with one attached hydrogen (secondary N) is 1. The summed E-state index contributed by atoms with van der Waals surface area (Å²) in [6.45, 7) is -1.43. The Morgan fingerprint density at radius 1 is 1.41 bits per heavy atom. The van der Waals surface area contributed by atoms with Crippen molar-refractivity contribution in [3.05, 3.63) is 46.5 Å². The molecule has 1 saturated heterocycles. The highest BCUT2D eigenvalue weighted by molar-refractivity contribution is 7.49. The average Bonchev–Trinajstić information content (AvgIpc) is 3.32. The van der Waals surface area contributed by atoms with Crippen LogP contribution in [0.5, 0.6) is 5.75 Å². The molecule has 5 unspecified atom stereocenters. The predicted octanol–water partition coefficient (Wildman–Crippen LogP) is 1.67. The zero-order valence-electron chi connectivity index (χ0n) is 17.0. The van der Waals surface area contributed by atoms with E-state index in [1.54, 1.807) is 18.2 Å². The van der Waals surface area contributed by atoms with E-state index in [9.17, 15) is 23.2 Å². The maximum atomic E-state index is 15.1. The molecule has 2 aliphatic rings. The van der Waals surface area contributed by atoms with Crippen molar-refractivity contribution >= 4 is 24.9 Å². The largest absolute Gasteiger partial charge is 0.530 e. The number of anilines is 1. The van der Waals surface area contributed by atoms with E-state index < -0.39 is 50.5 Å². The molecule has 5 rings (SSSR count).